The van der Waals surface area contributed by atoms with E-state index in [1.165, 1.54) is 22.3 Å². The highest BCUT2D eigenvalue weighted by Crippen LogP contribution is 2.37. The quantitative estimate of drug-likeness (QED) is 0.105. The Morgan fingerprint density at radius 2 is 0.722 bits per heavy atom. The van der Waals surface area contributed by atoms with E-state index < -0.39 is 0 Å². The van der Waals surface area contributed by atoms with Crippen LogP contribution in [0.15, 0.2) is 146 Å². The van der Waals surface area contributed by atoms with Gasteiger partial charge in [0.2, 0.25) is 0 Å². The van der Waals surface area contributed by atoms with Crippen LogP contribution in [0, 0.1) is 13.8 Å². The predicted octanol–water partition coefficient (Wildman–Crippen LogP) is 12.6. The number of hydrogen-bond acceptors (Lipinski definition) is 3. The number of aryl methyl sites for hydroxylation is 2. The second kappa shape index (κ2) is 15.7. The van der Waals surface area contributed by atoms with Gasteiger partial charge >= 0.3 is 7.12 Å². The van der Waals surface area contributed by atoms with E-state index in [1.807, 2.05) is 0 Å². The van der Waals surface area contributed by atoms with Gasteiger partial charge in [-0.1, -0.05) is 157 Å². The van der Waals surface area contributed by atoms with Crippen molar-refractivity contribution in [2.45, 2.75) is 52.7 Å². The van der Waals surface area contributed by atoms with Gasteiger partial charge in [0.1, 0.15) is 0 Å². The fourth-order valence-electron chi connectivity index (χ4n) is 6.37. The van der Waals surface area contributed by atoms with Gasteiger partial charge in [-0.15, -0.1) is 0 Å². The average molecular weight is 706 g/mol. The van der Waals surface area contributed by atoms with Gasteiger partial charge in [-0.05, 0) is 117 Å². The van der Waals surface area contributed by atoms with Gasteiger partial charge in [0.15, 0.2) is 0 Å². The molecule has 0 atom stereocenters. The Bertz CT molecular complexity index is 2150. The normalized spacial score (nSPS) is 15.1. The standard InChI is InChI=1S/C50H48BNO2/c1-37-10-14-39(15-11-37)18-20-41-24-30-46(31-25-41)52(47-32-26-42(27-33-47)21-19-40-16-12-38(2)13-17-40)48-34-28-43(29-35-48)22-23-44-8-7-9-45(36-44)51-53-49(3,4)50(5,6)54-51/h7-36H,1-6H3. The van der Waals surface area contributed by atoms with Crippen LogP contribution in [0.3, 0.4) is 0 Å². The molecule has 3 nitrogen and oxygen atoms in total. The first-order valence-corrected chi connectivity index (χ1v) is 18.7. The van der Waals surface area contributed by atoms with E-state index >= 15 is 0 Å². The molecule has 1 aliphatic heterocycles. The second-order valence-electron chi connectivity index (χ2n) is 15.2. The second-order valence-corrected chi connectivity index (χ2v) is 15.2. The molecule has 54 heavy (non-hydrogen) atoms. The fraction of sp³-hybridized carbons (Fsp3) is 0.160. The average Bonchev–Trinajstić information content (AvgIpc) is 3.41. The molecule has 1 aliphatic rings. The molecule has 0 spiro atoms. The van der Waals surface area contributed by atoms with Crippen LogP contribution in [0.1, 0.15) is 72.2 Å². The number of rotatable bonds is 10. The minimum absolute atomic E-state index is 0.374. The highest BCUT2D eigenvalue weighted by molar-refractivity contribution is 6.62. The van der Waals surface area contributed by atoms with Crippen molar-refractivity contribution in [3.05, 3.63) is 190 Å². The van der Waals surface area contributed by atoms with E-state index in [1.54, 1.807) is 0 Å². The zero-order valence-electron chi connectivity index (χ0n) is 32.2. The number of anilines is 3. The van der Waals surface area contributed by atoms with E-state index in [0.717, 1.165) is 44.8 Å². The molecular weight excluding hydrogens is 657 g/mol. The van der Waals surface area contributed by atoms with E-state index in [9.17, 15) is 0 Å². The first-order valence-electron chi connectivity index (χ1n) is 18.7. The Hall–Kier alpha value is -5.68. The molecule has 0 aliphatic carbocycles. The molecule has 0 radical (unpaired) electrons. The Kier molecular flexibility index (Phi) is 10.7. The van der Waals surface area contributed by atoms with Crippen molar-refractivity contribution in [1.29, 1.82) is 0 Å². The van der Waals surface area contributed by atoms with Gasteiger partial charge in [0.25, 0.3) is 0 Å². The Labute approximate surface area is 322 Å². The molecular formula is C50H48BNO2. The lowest BCUT2D eigenvalue weighted by atomic mass is 9.78. The molecule has 0 amide bonds. The zero-order chi connectivity index (χ0) is 37.7. The third-order valence-corrected chi connectivity index (χ3v) is 10.4. The van der Waals surface area contributed by atoms with E-state index in [4.69, 9.17) is 9.31 Å². The Balaban J connectivity index is 1.12. The summed E-state index contributed by atoms with van der Waals surface area (Å²) in [5.74, 6) is 0. The van der Waals surface area contributed by atoms with Crippen molar-refractivity contribution in [2.75, 3.05) is 4.90 Å². The van der Waals surface area contributed by atoms with Gasteiger partial charge in [-0.25, -0.2) is 0 Å². The van der Waals surface area contributed by atoms with Crippen LogP contribution in [-0.2, 0) is 9.31 Å². The maximum atomic E-state index is 6.30. The third kappa shape index (κ3) is 8.74. The van der Waals surface area contributed by atoms with Crippen molar-refractivity contribution in [1.82, 2.24) is 0 Å². The van der Waals surface area contributed by atoms with Crippen LogP contribution < -0.4 is 10.4 Å². The van der Waals surface area contributed by atoms with Crippen molar-refractivity contribution >= 4 is 66.1 Å². The fourth-order valence-corrected chi connectivity index (χ4v) is 6.37. The summed E-state index contributed by atoms with van der Waals surface area (Å²) in [5.41, 5.74) is 13.0. The summed E-state index contributed by atoms with van der Waals surface area (Å²) in [4.78, 5) is 2.31. The largest absolute Gasteiger partial charge is 0.494 e. The highest BCUT2D eigenvalue weighted by Gasteiger charge is 2.51. The molecule has 6 aromatic carbocycles. The monoisotopic (exact) mass is 705 g/mol. The van der Waals surface area contributed by atoms with E-state index in [-0.39, 0.29) is 18.3 Å². The molecule has 0 saturated carbocycles. The van der Waals surface area contributed by atoms with Crippen LogP contribution in [-0.4, -0.2) is 18.3 Å². The Morgan fingerprint density at radius 3 is 1.07 bits per heavy atom. The molecule has 0 N–H and O–H groups in total. The lowest BCUT2D eigenvalue weighted by molar-refractivity contribution is 0.00578. The van der Waals surface area contributed by atoms with Crippen LogP contribution >= 0.6 is 0 Å². The molecule has 0 unspecified atom stereocenters. The molecule has 4 heteroatoms. The van der Waals surface area contributed by atoms with E-state index in [0.29, 0.717) is 0 Å². The number of nitrogens with zero attached hydrogens (tertiary/aromatic N) is 1. The molecule has 268 valence electrons. The minimum atomic E-state index is -0.384. The summed E-state index contributed by atoms with van der Waals surface area (Å²) < 4.78 is 12.6. The predicted molar refractivity (Wildman–Crippen MR) is 232 cm³/mol. The van der Waals surface area contributed by atoms with Gasteiger partial charge in [-0.3, -0.25) is 0 Å². The summed E-state index contributed by atoms with van der Waals surface area (Å²) in [6, 6.07) is 51.8. The van der Waals surface area contributed by atoms with Crippen LogP contribution in [0.2, 0.25) is 0 Å². The lowest BCUT2D eigenvalue weighted by Gasteiger charge is -2.32. The first-order chi connectivity index (χ1) is 26.0. The van der Waals surface area contributed by atoms with Gasteiger partial charge in [-0.2, -0.15) is 0 Å². The van der Waals surface area contributed by atoms with Gasteiger partial charge in [0.05, 0.1) is 11.2 Å². The van der Waals surface area contributed by atoms with Gasteiger partial charge in [0, 0.05) is 17.1 Å². The lowest BCUT2D eigenvalue weighted by Crippen LogP contribution is -2.41. The molecule has 6 aromatic rings. The maximum absolute atomic E-state index is 6.30. The van der Waals surface area contributed by atoms with Crippen molar-refractivity contribution in [2.24, 2.45) is 0 Å². The summed E-state index contributed by atoms with van der Waals surface area (Å²) in [6.07, 6.45) is 13.0. The summed E-state index contributed by atoms with van der Waals surface area (Å²) in [5, 5.41) is 0. The number of benzene rings is 6. The molecule has 1 saturated heterocycles. The smallest absolute Gasteiger partial charge is 0.399 e. The van der Waals surface area contributed by atoms with E-state index in [2.05, 4.69) is 228 Å². The topological polar surface area (TPSA) is 21.7 Å². The van der Waals surface area contributed by atoms with Crippen LogP contribution in [0.5, 0.6) is 0 Å². The summed E-state index contributed by atoms with van der Waals surface area (Å²) in [7, 11) is -0.384. The van der Waals surface area contributed by atoms with Crippen molar-refractivity contribution in [3.63, 3.8) is 0 Å². The maximum Gasteiger partial charge on any atom is 0.494 e. The highest BCUT2D eigenvalue weighted by atomic mass is 16.7. The molecule has 7 rings (SSSR count). The third-order valence-electron chi connectivity index (χ3n) is 10.4. The molecule has 1 heterocycles. The van der Waals surface area contributed by atoms with Crippen molar-refractivity contribution in [3.8, 4) is 0 Å². The Morgan fingerprint density at radius 1 is 0.407 bits per heavy atom. The minimum Gasteiger partial charge on any atom is -0.399 e. The zero-order valence-corrected chi connectivity index (χ0v) is 32.2. The molecule has 0 aromatic heterocycles. The summed E-state index contributed by atoms with van der Waals surface area (Å²) >= 11 is 0. The summed E-state index contributed by atoms with van der Waals surface area (Å²) in [6.45, 7) is 12.6. The first kappa shape index (κ1) is 36.7. The number of hydrogen-bond donors (Lipinski definition) is 0. The molecule has 0 bridgehead atoms. The van der Waals surface area contributed by atoms with Crippen LogP contribution in [0.25, 0.3) is 36.5 Å². The van der Waals surface area contributed by atoms with Gasteiger partial charge < -0.3 is 14.2 Å². The molecule has 1 fully saturated rings. The van der Waals surface area contributed by atoms with Crippen molar-refractivity contribution < 1.29 is 9.31 Å². The SMILES string of the molecule is Cc1ccc(C=Cc2ccc(N(c3ccc(C=Cc4ccc(C)cc4)cc3)c3ccc(C=Cc4cccc(B5OC(C)(C)C(C)(C)O5)c4)cc3)cc2)cc1. The van der Waals surface area contributed by atoms with Crippen LogP contribution in [0.4, 0.5) is 17.1 Å².